The first-order valence-electron chi connectivity index (χ1n) is 3.03. The molecule has 1 nitrogen and oxygen atoms in total. The zero-order valence-electron chi connectivity index (χ0n) is 6.01. The third-order valence-electron chi connectivity index (χ3n) is 1.29. The lowest BCUT2D eigenvalue weighted by molar-refractivity contribution is 0.150. The molecule has 0 aliphatic rings. The second-order valence-electron chi connectivity index (χ2n) is 1.97. The Morgan fingerprint density at radius 1 is 1.50 bits per heavy atom. The summed E-state index contributed by atoms with van der Waals surface area (Å²) in [6.45, 7) is 0. The number of halogens is 4. The van der Waals surface area contributed by atoms with E-state index in [9.17, 15) is 8.78 Å². The molecule has 0 unspecified atom stereocenters. The highest BCUT2D eigenvalue weighted by atomic mass is 79.9. The van der Waals surface area contributed by atoms with E-state index < -0.39 is 6.43 Å². The molecule has 0 saturated carbocycles. The topological polar surface area (TPSA) is 12.9 Å². The van der Waals surface area contributed by atoms with Crippen molar-refractivity contribution in [3.05, 3.63) is 29.6 Å². The largest absolute Gasteiger partial charge is 0.265 e. The minimum atomic E-state index is -2.43. The molecule has 0 radical (unpaired) electrons. The molecule has 1 rings (SSSR count). The molecule has 5 heteroatoms. The summed E-state index contributed by atoms with van der Waals surface area (Å²) >= 11 is 3.08. The Hall–Kier alpha value is -0.0300. The third kappa shape index (κ3) is 2.79. The van der Waals surface area contributed by atoms with Gasteiger partial charge in [-0.2, -0.15) is 0 Å². The molecule has 0 aromatic carbocycles. The van der Waals surface area contributed by atoms with Gasteiger partial charge in [-0.1, -0.05) is 15.9 Å². The van der Waals surface area contributed by atoms with Crippen molar-refractivity contribution in [1.29, 1.82) is 0 Å². The molecule has 1 heterocycles. The predicted molar refractivity (Wildman–Crippen MR) is 52.1 cm³/mol. The van der Waals surface area contributed by atoms with E-state index in [1.807, 2.05) is 0 Å². The number of hydrogen-bond donors (Lipinski definition) is 0. The van der Waals surface area contributed by atoms with Crippen LogP contribution in [0.25, 0.3) is 0 Å². The molecule has 0 spiro atoms. The quantitative estimate of drug-likeness (QED) is 0.762. The molecule has 0 aliphatic heterocycles. The Morgan fingerprint density at radius 2 is 2.17 bits per heavy atom. The highest BCUT2D eigenvalue weighted by molar-refractivity contribution is 9.08. The molecular formula is C7H7Br2F2N. The van der Waals surface area contributed by atoms with Crippen LogP contribution in [0, 0.1) is 0 Å². The maximum Gasteiger partial charge on any atom is 0.265 e. The van der Waals surface area contributed by atoms with E-state index in [4.69, 9.17) is 0 Å². The molecular weight excluding hydrogens is 296 g/mol. The van der Waals surface area contributed by atoms with Crippen molar-refractivity contribution < 1.29 is 8.78 Å². The Labute approximate surface area is 88.1 Å². The lowest BCUT2D eigenvalue weighted by Gasteiger charge is -2.02. The maximum absolute atomic E-state index is 12.2. The molecule has 0 fully saturated rings. The van der Waals surface area contributed by atoms with Crippen molar-refractivity contribution in [2.75, 3.05) is 0 Å². The molecule has 0 aliphatic carbocycles. The van der Waals surface area contributed by atoms with Crippen LogP contribution in [0.4, 0.5) is 8.78 Å². The van der Waals surface area contributed by atoms with Gasteiger partial charge >= 0.3 is 0 Å². The van der Waals surface area contributed by atoms with E-state index in [0.717, 1.165) is 0 Å². The van der Waals surface area contributed by atoms with Gasteiger partial charge in [-0.25, -0.2) is 8.78 Å². The summed E-state index contributed by atoms with van der Waals surface area (Å²) in [7, 11) is 0. The van der Waals surface area contributed by atoms with E-state index in [1.54, 1.807) is 0 Å². The number of hydrogen-bond acceptors (Lipinski definition) is 1. The SMILES string of the molecule is Br.FC(F)c1cccnc1CBr. The van der Waals surface area contributed by atoms with Crippen molar-refractivity contribution in [2.24, 2.45) is 0 Å². The Balaban J connectivity index is 0.00000121. The first-order valence-corrected chi connectivity index (χ1v) is 4.15. The lowest BCUT2D eigenvalue weighted by atomic mass is 10.2. The number of aromatic nitrogens is 1. The number of nitrogens with zero attached hydrogens (tertiary/aromatic N) is 1. The third-order valence-corrected chi connectivity index (χ3v) is 1.82. The molecule has 0 saturated heterocycles. The van der Waals surface area contributed by atoms with Crippen LogP contribution < -0.4 is 0 Å². The molecule has 12 heavy (non-hydrogen) atoms. The zero-order valence-corrected chi connectivity index (χ0v) is 9.30. The summed E-state index contributed by atoms with van der Waals surface area (Å²) in [6, 6.07) is 2.89. The van der Waals surface area contributed by atoms with Gasteiger partial charge < -0.3 is 0 Å². The van der Waals surface area contributed by atoms with Crippen LogP contribution >= 0.6 is 32.9 Å². The van der Waals surface area contributed by atoms with E-state index in [0.29, 0.717) is 11.0 Å². The van der Waals surface area contributed by atoms with E-state index >= 15 is 0 Å². The van der Waals surface area contributed by atoms with Gasteiger partial charge in [-0.15, -0.1) is 17.0 Å². The molecule has 1 aromatic rings. The van der Waals surface area contributed by atoms with Crippen LogP contribution in [0.3, 0.4) is 0 Å². The lowest BCUT2D eigenvalue weighted by Crippen LogP contribution is -1.94. The fourth-order valence-electron chi connectivity index (χ4n) is 0.761. The van der Waals surface area contributed by atoms with Crippen LogP contribution in [0.5, 0.6) is 0 Å². The van der Waals surface area contributed by atoms with Crippen LogP contribution in [-0.4, -0.2) is 4.98 Å². The van der Waals surface area contributed by atoms with Gasteiger partial charge in [0.25, 0.3) is 6.43 Å². The Bertz CT molecular complexity index is 243. The fraction of sp³-hybridized carbons (Fsp3) is 0.286. The van der Waals surface area contributed by atoms with Gasteiger partial charge in [-0.05, 0) is 12.1 Å². The number of rotatable bonds is 2. The van der Waals surface area contributed by atoms with Crippen LogP contribution in [0.15, 0.2) is 18.3 Å². The monoisotopic (exact) mass is 301 g/mol. The van der Waals surface area contributed by atoms with Crippen molar-refractivity contribution in [3.63, 3.8) is 0 Å². The molecule has 1 aromatic heterocycles. The second kappa shape index (κ2) is 5.59. The Morgan fingerprint density at radius 3 is 2.58 bits per heavy atom. The summed E-state index contributed by atoms with van der Waals surface area (Å²) in [5, 5.41) is 0.369. The van der Waals surface area contributed by atoms with Crippen LogP contribution in [-0.2, 0) is 5.33 Å². The van der Waals surface area contributed by atoms with Crippen molar-refractivity contribution in [2.45, 2.75) is 11.8 Å². The minimum absolute atomic E-state index is 0. The predicted octanol–water partition coefficient (Wildman–Crippen LogP) is 3.49. The van der Waals surface area contributed by atoms with Gasteiger partial charge in [0, 0.05) is 17.1 Å². The highest BCUT2D eigenvalue weighted by Gasteiger charge is 2.11. The van der Waals surface area contributed by atoms with Gasteiger partial charge in [0.2, 0.25) is 0 Å². The standard InChI is InChI=1S/C7H6BrF2N.BrH/c8-4-6-5(7(9)10)2-1-3-11-6;/h1-3,7H,4H2;1H. The molecule has 0 N–H and O–H groups in total. The van der Waals surface area contributed by atoms with Gasteiger partial charge in [-0.3, -0.25) is 4.98 Å². The normalized spacial score (nSPS) is 9.67. The summed E-state index contributed by atoms with van der Waals surface area (Å²) in [5.41, 5.74) is 0.409. The summed E-state index contributed by atoms with van der Waals surface area (Å²) in [5.74, 6) is 0. The first-order chi connectivity index (χ1) is 5.25. The van der Waals surface area contributed by atoms with Crippen molar-refractivity contribution in [1.82, 2.24) is 4.98 Å². The fourth-order valence-corrected chi connectivity index (χ4v) is 1.23. The maximum atomic E-state index is 12.2. The first kappa shape index (κ1) is 12.0. The summed E-state index contributed by atoms with van der Waals surface area (Å²) in [6.07, 6.45) is -0.932. The zero-order chi connectivity index (χ0) is 8.27. The van der Waals surface area contributed by atoms with Crippen LogP contribution in [0.1, 0.15) is 17.7 Å². The van der Waals surface area contributed by atoms with Crippen molar-refractivity contribution >= 4 is 32.9 Å². The van der Waals surface area contributed by atoms with Gasteiger partial charge in [0.15, 0.2) is 0 Å². The summed E-state index contributed by atoms with van der Waals surface area (Å²) < 4.78 is 24.3. The molecule has 0 amide bonds. The van der Waals surface area contributed by atoms with Gasteiger partial charge in [0.1, 0.15) is 0 Å². The average molecular weight is 303 g/mol. The second-order valence-corrected chi connectivity index (χ2v) is 2.53. The van der Waals surface area contributed by atoms with Crippen molar-refractivity contribution in [3.8, 4) is 0 Å². The Kier molecular flexibility index (Phi) is 5.57. The molecule has 0 atom stereocenters. The average Bonchev–Trinajstić information content (AvgIpc) is 2.04. The van der Waals surface area contributed by atoms with Gasteiger partial charge in [0.05, 0.1) is 5.69 Å². The number of pyridine rings is 1. The molecule has 0 bridgehead atoms. The van der Waals surface area contributed by atoms with E-state index in [-0.39, 0.29) is 22.5 Å². The summed E-state index contributed by atoms with van der Waals surface area (Å²) in [4.78, 5) is 3.79. The van der Waals surface area contributed by atoms with E-state index in [1.165, 1.54) is 18.3 Å². The number of alkyl halides is 3. The smallest absolute Gasteiger partial charge is 0.260 e. The highest BCUT2D eigenvalue weighted by Crippen LogP contribution is 2.22. The minimum Gasteiger partial charge on any atom is -0.260 e. The van der Waals surface area contributed by atoms with Crippen LogP contribution in [0.2, 0.25) is 0 Å². The molecule has 68 valence electrons. The van der Waals surface area contributed by atoms with E-state index in [2.05, 4.69) is 20.9 Å².